The summed E-state index contributed by atoms with van der Waals surface area (Å²) in [7, 11) is 0. The number of benzene rings is 2. The predicted octanol–water partition coefficient (Wildman–Crippen LogP) is 5.08. The summed E-state index contributed by atoms with van der Waals surface area (Å²) >= 11 is 8.18. The maximum Gasteiger partial charge on any atom is 0.251 e. The van der Waals surface area contributed by atoms with Crippen LogP contribution >= 0.6 is 23.4 Å². The molecule has 0 radical (unpaired) electrons. The molecule has 2 fully saturated rings. The third-order valence-electron chi connectivity index (χ3n) is 9.31. The minimum Gasteiger partial charge on any atom is -0.396 e. The van der Waals surface area contributed by atoms with Gasteiger partial charge >= 0.3 is 0 Å². The molecule has 2 saturated heterocycles. The fraction of sp³-hybridized carbons (Fsp3) is 0.441. The van der Waals surface area contributed by atoms with E-state index in [2.05, 4.69) is 13.0 Å². The van der Waals surface area contributed by atoms with Crippen molar-refractivity contribution in [1.29, 1.82) is 0 Å². The van der Waals surface area contributed by atoms with Crippen molar-refractivity contribution in [2.45, 2.75) is 54.7 Å². The van der Waals surface area contributed by atoms with Gasteiger partial charge < -0.3 is 19.8 Å². The van der Waals surface area contributed by atoms with E-state index in [1.165, 1.54) is 0 Å². The smallest absolute Gasteiger partial charge is 0.251 e. The van der Waals surface area contributed by atoms with Crippen LogP contribution in [0.4, 0.5) is 5.69 Å². The minimum absolute atomic E-state index is 0.0457. The first-order chi connectivity index (χ1) is 20.8. The highest BCUT2D eigenvalue weighted by Crippen LogP contribution is 2.65. The number of rotatable bonds is 9. The zero-order valence-corrected chi connectivity index (χ0v) is 26.0. The van der Waals surface area contributed by atoms with Crippen molar-refractivity contribution in [1.82, 2.24) is 9.80 Å². The van der Waals surface area contributed by atoms with Crippen molar-refractivity contribution in [3.63, 3.8) is 0 Å². The highest BCUT2D eigenvalue weighted by molar-refractivity contribution is 8.02. The van der Waals surface area contributed by atoms with Crippen LogP contribution in [0.25, 0.3) is 0 Å². The molecule has 9 heteroatoms. The van der Waals surface area contributed by atoms with E-state index in [0.717, 1.165) is 18.4 Å². The Kier molecular flexibility index (Phi) is 8.46. The maximum atomic E-state index is 14.6. The van der Waals surface area contributed by atoms with Crippen LogP contribution in [0.3, 0.4) is 0 Å². The summed E-state index contributed by atoms with van der Waals surface area (Å²) in [4.78, 5) is 49.0. The molecule has 0 aliphatic carbocycles. The van der Waals surface area contributed by atoms with Gasteiger partial charge in [0, 0.05) is 37.5 Å². The van der Waals surface area contributed by atoms with E-state index in [9.17, 15) is 19.5 Å². The Morgan fingerprint density at radius 1 is 0.860 bits per heavy atom. The molecule has 0 aromatic heterocycles. The number of hydrogen-bond donors (Lipinski definition) is 1. The van der Waals surface area contributed by atoms with Crippen LogP contribution in [0.1, 0.15) is 38.2 Å². The zero-order valence-electron chi connectivity index (χ0n) is 24.4. The average Bonchev–Trinajstić information content (AvgIpc) is 3.26. The first-order valence-electron chi connectivity index (χ1n) is 15.2. The number of fused-ring (bicyclic) bond motifs is 2. The Balaban J connectivity index is 1.40. The number of anilines is 1. The lowest BCUT2D eigenvalue weighted by molar-refractivity contribution is -0.144. The quantitative estimate of drug-likeness (QED) is 0.313. The average molecular weight is 620 g/mol. The highest BCUT2D eigenvalue weighted by atomic mass is 35.5. The summed E-state index contributed by atoms with van der Waals surface area (Å²) in [5.41, 5.74) is 1.65. The van der Waals surface area contributed by atoms with E-state index in [4.69, 9.17) is 11.6 Å². The van der Waals surface area contributed by atoms with Crippen LogP contribution in [0, 0.1) is 11.8 Å². The molecule has 0 bridgehead atoms. The van der Waals surface area contributed by atoms with Gasteiger partial charge in [-0.2, -0.15) is 0 Å². The van der Waals surface area contributed by atoms with Gasteiger partial charge in [0.05, 0.1) is 27.3 Å². The summed E-state index contributed by atoms with van der Waals surface area (Å²) in [5.74, 6) is -1.63. The number of hydrogen-bond acceptors (Lipinski definition) is 5. The van der Waals surface area contributed by atoms with Crippen molar-refractivity contribution in [3.8, 4) is 0 Å². The van der Waals surface area contributed by atoms with E-state index >= 15 is 0 Å². The van der Waals surface area contributed by atoms with Crippen molar-refractivity contribution in [2.75, 3.05) is 31.1 Å². The maximum absolute atomic E-state index is 14.6. The lowest BCUT2D eigenvalue weighted by Gasteiger charge is -2.37. The first-order valence-corrected chi connectivity index (χ1v) is 16.4. The molecule has 4 aliphatic heterocycles. The number of amides is 3. The summed E-state index contributed by atoms with van der Waals surface area (Å²) in [6.45, 7) is 3.87. The van der Waals surface area contributed by atoms with Crippen LogP contribution in [-0.2, 0) is 20.9 Å². The number of carbonyl (C=O) groups excluding carboxylic acids is 3. The molecule has 3 amide bonds. The van der Waals surface area contributed by atoms with Crippen LogP contribution in [0.5, 0.6) is 0 Å². The summed E-state index contributed by atoms with van der Waals surface area (Å²) in [6.07, 6.45) is 11.3. The number of aliphatic hydroxyl groups is 1. The third kappa shape index (κ3) is 5.21. The molecule has 6 rings (SSSR count). The Hall–Kier alpha value is -3.07. The third-order valence-corrected chi connectivity index (χ3v) is 11.4. The van der Waals surface area contributed by atoms with E-state index in [1.807, 2.05) is 71.7 Å². The zero-order chi connectivity index (χ0) is 30.2. The number of para-hydroxylation sites is 1. The second-order valence-electron chi connectivity index (χ2n) is 12.1. The van der Waals surface area contributed by atoms with Gasteiger partial charge in [0.15, 0.2) is 0 Å². The van der Waals surface area contributed by atoms with Crippen molar-refractivity contribution in [2.24, 2.45) is 11.8 Å². The lowest BCUT2D eigenvalue weighted by Crippen LogP contribution is -2.53. The van der Waals surface area contributed by atoms with Crippen molar-refractivity contribution < 1.29 is 19.5 Å². The van der Waals surface area contributed by atoms with Crippen LogP contribution in [-0.4, -0.2) is 74.4 Å². The molecule has 1 unspecified atom stereocenters. The SMILES string of the molecule is C[C@]12C=CCN(Cc3ccccc3)C(=O)[C@H]1[C@H]1C(=O)N(CCCCCCO)C3C(=O)N(c4ccccc4Cl)CC=C[C@@]31S2. The molecule has 7 nitrogen and oxygen atoms in total. The molecule has 4 heterocycles. The van der Waals surface area contributed by atoms with Gasteiger partial charge in [-0.25, -0.2) is 0 Å². The van der Waals surface area contributed by atoms with Gasteiger partial charge in [0.25, 0.3) is 5.91 Å². The van der Waals surface area contributed by atoms with Gasteiger partial charge in [0.2, 0.25) is 11.8 Å². The van der Waals surface area contributed by atoms with Gasteiger partial charge in [-0.05, 0) is 37.5 Å². The van der Waals surface area contributed by atoms with Gasteiger partial charge in [0.1, 0.15) is 6.04 Å². The van der Waals surface area contributed by atoms with Crippen molar-refractivity contribution in [3.05, 3.63) is 89.5 Å². The van der Waals surface area contributed by atoms with E-state index in [0.29, 0.717) is 49.7 Å². The first kappa shape index (κ1) is 30.0. The number of unbranched alkanes of at least 4 members (excludes halogenated alkanes) is 3. The number of likely N-dealkylation sites (tertiary alicyclic amines) is 1. The van der Waals surface area contributed by atoms with Crippen LogP contribution in [0.15, 0.2) is 78.9 Å². The minimum atomic E-state index is -0.898. The fourth-order valence-electron chi connectivity index (χ4n) is 7.39. The van der Waals surface area contributed by atoms with Crippen molar-refractivity contribution >= 4 is 46.8 Å². The number of halogens is 1. The fourth-order valence-corrected chi connectivity index (χ4v) is 9.79. The molecule has 1 N–H and O–H groups in total. The molecule has 1 spiro atoms. The largest absolute Gasteiger partial charge is 0.396 e. The Labute approximate surface area is 262 Å². The van der Waals surface area contributed by atoms with Gasteiger partial charge in [-0.3, -0.25) is 14.4 Å². The standard InChI is InChI=1S/C34H38ClN3O4S/c1-33-17-11-19-36(23-24-13-5-4-6-14-24)30(40)27(33)28-31(41)38(20-9-2-3-10-22-39)29-32(42)37(21-12-18-34(28,29)43-33)26-16-8-7-15-25(26)35/h4-8,11-18,27-29,39H,2-3,9-10,19-23H2,1H3/t27-,28+,29?,33+,34+/m1/s1. The molecule has 5 atom stereocenters. The van der Waals surface area contributed by atoms with Crippen LogP contribution < -0.4 is 4.90 Å². The second-order valence-corrected chi connectivity index (χ2v) is 14.3. The molecular formula is C34H38ClN3O4S. The normalized spacial score (nSPS) is 29.9. The summed E-state index contributed by atoms with van der Waals surface area (Å²) in [6, 6.07) is 16.4. The molecule has 2 aromatic rings. The van der Waals surface area contributed by atoms with E-state index < -0.39 is 27.4 Å². The highest BCUT2D eigenvalue weighted by Gasteiger charge is 2.73. The summed E-state index contributed by atoms with van der Waals surface area (Å²) < 4.78 is -1.55. The van der Waals surface area contributed by atoms with Gasteiger partial charge in [-0.1, -0.05) is 91.2 Å². The van der Waals surface area contributed by atoms with E-state index in [-0.39, 0.29) is 24.3 Å². The van der Waals surface area contributed by atoms with Gasteiger partial charge in [-0.15, -0.1) is 11.8 Å². The van der Waals surface area contributed by atoms with E-state index in [1.54, 1.807) is 27.6 Å². The number of thioether (sulfide) groups is 1. The lowest BCUT2D eigenvalue weighted by atomic mass is 9.74. The molecule has 0 saturated carbocycles. The second kappa shape index (κ2) is 12.1. The summed E-state index contributed by atoms with van der Waals surface area (Å²) in [5, 5.41) is 9.70. The Morgan fingerprint density at radius 3 is 2.35 bits per heavy atom. The molecular weight excluding hydrogens is 582 g/mol. The topological polar surface area (TPSA) is 81.2 Å². The molecule has 4 aliphatic rings. The molecule has 2 aromatic carbocycles. The molecule has 43 heavy (non-hydrogen) atoms. The predicted molar refractivity (Wildman–Crippen MR) is 171 cm³/mol. The van der Waals surface area contributed by atoms with Crippen LogP contribution in [0.2, 0.25) is 5.02 Å². The Morgan fingerprint density at radius 2 is 1.58 bits per heavy atom. The monoisotopic (exact) mass is 619 g/mol. The number of aliphatic hydroxyl groups excluding tert-OH is 1. The number of carbonyl (C=O) groups is 3. The number of nitrogens with zero attached hydrogens (tertiary/aromatic N) is 3. The Bertz CT molecular complexity index is 1450. The molecule has 226 valence electrons.